The second-order valence-corrected chi connectivity index (χ2v) is 6.17. The highest BCUT2D eigenvalue weighted by Gasteiger charge is 2.17. The van der Waals surface area contributed by atoms with Crippen molar-refractivity contribution < 1.29 is 9.90 Å². The maximum Gasteiger partial charge on any atom is 0.261 e. The lowest BCUT2D eigenvalue weighted by molar-refractivity contribution is 0.0920. The Balaban J connectivity index is 1.76. The largest absolute Gasteiger partial charge is 0.394 e. The fourth-order valence-corrected chi connectivity index (χ4v) is 3.14. The number of benzene rings is 1. The molecular formula is C17H16N4O2S. The summed E-state index contributed by atoms with van der Waals surface area (Å²) in [4.78, 5) is 21.8. The molecule has 0 aliphatic heterocycles. The minimum atomic E-state index is -0.445. The minimum absolute atomic E-state index is 0.170. The van der Waals surface area contributed by atoms with E-state index in [1.807, 2.05) is 36.4 Å². The molecule has 0 fully saturated rings. The number of aromatic nitrogens is 2. The molecule has 0 saturated carbocycles. The van der Waals surface area contributed by atoms with E-state index in [1.165, 1.54) is 11.3 Å². The van der Waals surface area contributed by atoms with Crippen LogP contribution in [0.15, 0.2) is 54.7 Å². The standard InChI is InChI=1S/C17H16N4O2S/c18-17-19-9-8-12(21-17)14-6-7-15(24-14)16(23)20-13(10-22)11-4-2-1-3-5-11/h1-9,13,22H,10H2,(H,20,23)(H2,18,19,21)/t13-/m0/s1. The average molecular weight is 340 g/mol. The highest BCUT2D eigenvalue weighted by atomic mass is 32.1. The molecule has 0 radical (unpaired) electrons. The van der Waals surface area contributed by atoms with Gasteiger partial charge in [-0.25, -0.2) is 9.97 Å². The molecule has 0 saturated heterocycles. The molecule has 0 bridgehead atoms. The molecule has 0 unspecified atom stereocenters. The number of hydrogen-bond donors (Lipinski definition) is 3. The Hall–Kier alpha value is -2.77. The van der Waals surface area contributed by atoms with Crippen LogP contribution in [0.5, 0.6) is 0 Å². The maximum absolute atomic E-state index is 12.4. The Morgan fingerprint density at radius 2 is 2.00 bits per heavy atom. The number of aliphatic hydroxyl groups is 1. The van der Waals surface area contributed by atoms with Crippen LogP contribution in [0.3, 0.4) is 0 Å². The van der Waals surface area contributed by atoms with Crippen molar-refractivity contribution in [3.63, 3.8) is 0 Å². The Morgan fingerprint density at radius 1 is 1.21 bits per heavy atom. The Labute approximate surface area is 143 Å². The van der Waals surface area contributed by atoms with Crippen LogP contribution < -0.4 is 11.1 Å². The monoisotopic (exact) mass is 340 g/mol. The van der Waals surface area contributed by atoms with Gasteiger partial charge in [0.25, 0.3) is 5.91 Å². The van der Waals surface area contributed by atoms with Gasteiger partial charge >= 0.3 is 0 Å². The number of nitrogens with two attached hydrogens (primary N) is 1. The Bertz CT molecular complexity index is 835. The van der Waals surface area contributed by atoms with Crippen LogP contribution in [0, 0.1) is 0 Å². The zero-order valence-corrected chi connectivity index (χ0v) is 13.5. The first-order chi connectivity index (χ1) is 11.7. The van der Waals surface area contributed by atoms with E-state index in [4.69, 9.17) is 5.73 Å². The topological polar surface area (TPSA) is 101 Å². The number of nitrogens with zero attached hydrogens (tertiary/aromatic N) is 2. The molecule has 0 aliphatic carbocycles. The van der Waals surface area contributed by atoms with Crippen molar-refractivity contribution in [1.82, 2.24) is 15.3 Å². The van der Waals surface area contributed by atoms with Crippen molar-refractivity contribution in [1.29, 1.82) is 0 Å². The van der Waals surface area contributed by atoms with Crippen LogP contribution in [0.1, 0.15) is 21.3 Å². The van der Waals surface area contributed by atoms with Gasteiger partial charge in [-0.15, -0.1) is 11.3 Å². The fourth-order valence-electron chi connectivity index (χ4n) is 2.26. The second kappa shape index (κ2) is 7.20. The number of amides is 1. The molecule has 1 atom stereocenters. The highest BCUT2D eigenvalue weighted by Crippen LogP contribution is 2.27. The van der Waals surface area contributed by atoms with Gasteiger partial charge in [0.05, 0.1) is 28.1 Å². The predicted molar refractivity (Wildman–Crippen MR) is 93.5 cm³/mol. The van der Waals surface area contributed by atoms with Gasteiger partial charge in [-0.2, -0.15) is 0 Å². The molecule has 7 heteroatoms. The predicted octanol–water partition coefficient (Wildman–Crippen LogP) is 2.25. The number of thiophene rings is 1. The summed E-state index contributed by atoms with van der Waals surface area (Å²) in [5.41, 5.74) is 7.12. The second-order valence-electron chi connectivity index (χ2n) is 5.08. The lowest BCUT2D eigenvalue weighted by atomic mass is 10.1. The summed E-state index contributed by atoms with van der Waals surface area (Å²) in [5, 5.41) is 12.4. The van der Waals surface area contributed by atoms with Crippen molar-refractivity contribution in [2.24, 2.45) is 0 Å². The van der Waals surface area contributed by atoms with E-state index >= 15 is 0 Å². The van der Waals surface area contributed by atoms with Crippen LogP contribution in [0.25, 0.3) is 10.6 Å². The van der Waals surface area contributed by atoms with Crippen LogP contribution in [-0.2, 0) is 0 Å². The number of carbonyl (C=O) groups excluding carboxylic acids is 1. The summed E-state index contributed by atoms with van der Waals surface area (Å²) in [6.07, 6.45) is 1.58. The molecule has 2 heterocycles. The van der Waals surface area contributed by atoms with Crippen LogP contribution >= 0.6 is 11.3 Å². The van der Waals surface area contributed by atoms with Crippen LogP contribution in [-0.4, -0.2) is 27.6 Å². The summed E-state index contributed by atoms with van der Waals surface area (Å²) in [5.74, 6) is -0.0486. The van der Waals surface area contributed by atoms with Crippen LogP contribution in [0.2, 0.25) is 0 Å². The number of hydrogen-bond acceptors (Lipinski definition) is 6. The normalized spacial score (nSPS) is 11.9. The fraction of sp³-hybridized carbons (Fsp3) is 0.118. The smallest absolute Gasteiger partial charge is 0.261 e. The molecule has 3 rings (SSSR count). The lowest BCUT2D eigenvalue weighted by Gasteiger charge is -2.16. The molecule has 6 nitrogen and oxygen atoms in total. The zero-order valence-electron chi connectivity index (χ0n) is 12.7. The Morgan fingerprint density at radius 3 is 2.71 bits per heavy atom. The van der Waals surface area contributed by atoms with Crippen molar-refractivity contribution in [3.8, 4) is 10.6 Å². The minimum Gasteiger partial charge on any atom is -0.394 e. The third kappa shape index (κ3) is 3.58. The molecular weight excluding hydrogens is 324 g/mol. The summed E-state index contributed by atoms with van der Waals surface area (Å²) in [6.45, 7) is -0.170. The van der Waals surface area contributed by atoms with Gasteiger partial charge in [-0.05, 0) is 23.8 Å². The van der Waals surface area contributed by atoms with Crippen molar-refractivity contribution in [2.75, 3.05) is 12.3 Å². The molecule has 1 aromatic carbocycles. The van der Waals surface area contributed by atoms with E-state index in [0.29, 0.717) is 10.6 Å². The number of aliphatic hydroxyl groups excluding tert-OH is 1. The number of rotatable bonds is 5. The van der Waals surface area contributed by atoms with Gasteiger partial charge in [0.15, 0.2) is 0 Å². The summed E-state index contributed by atoms with van der Waals surface area (Å²) < 4.78 is 0. The van der Waals surface area contributed by atoms with E-state index in [-0.39, 0.29) is 18.5 Å². The molecule has 24 heavy (non-hydrogen) atoms. The van der Waals surface area contributed by atoms with Gasteiger partial charge in [0.2, 0.25) is 5.95 Å². The number of anilines is 1. The van der Waals surface area contributed by atoms with Crippen molar-refractivity contribution >= 4 is 23.2 Å². The van der Waals surface area contributed by atoms with E-state index in [0.717, 1.165) is 10.4 Å². The number of nitrogen functional groups attached to an aromatic ring is 1. The highest BCUT2D eigenvalue weighted by molar-refractivity contribution is 7.17. The SMILES string of the molecule is Nc1nccc(-c2ccc(C(=O)N[C@@H](CO)c3ccccc3)s2)n1. The molecule has 0 aliphatic rings. The molecule has 0 spiro atoms. The first-order valence-corrected chi connectivity index (χ1v) is 8.14. The number of carbonyl (C=O) groups is 1. The molecule has 3 aromatic rings. The molecule has 4 N–H and O–H groups in total. The molecule has 2 aromatic heterocycles. The molecule has 122 valence electrons. The summed E-state index contributed by atoms with van der Waals surface area (Å²) in [6, 6.07) is 14.2. The van der Waals surface area contributed by atoms with Crippen molar-refractivity contribution in [3.05, 3.63) is 65.2 Å². The maximum atomic E-state index is 12.4. The summed E-state index contributed by atoms with van der Waals surface area (Å²) in [7, 11) is 0. The van der Waals surface area contributed by atoms with E-state index in [2.05, 4.69) is 15.3 Å². The van der Waals surface area contributed by atoms with E-state index in [1.54, 1.807) is 18.3 Å². The third-order valence-electron chi connectivity index (χ3n) is 3.45. The lowest BCUT2D eigenvalue weighted by Crippen LogP contribution is -2.30. The Kier molecular flexibility index (Phi) is 4.83. The first-order valence-electron chi connectivity index (χ1n) is 7.33. The van der Waals surface area contributed by atoms with Crippen molar-refractivity contribution in [2.45, 2.75) is 6.04 Å². The first kappa shape index (κ1) is 16.1. The quantitative estimate of drug-likeness (QED) is 0.661. The van der Waals surface area contributed by atoms with Crippen LogP contribution in [0.4, 0.5) is 5.95 Å². The van der Waals surface area contributed by atoms with Gasteiger partial charge < -0.3 is 16.2 Å². The van der Waals surface area contributed by atoms with E-state index in [9.17, 15) is 9.90 Å². The summed E-state index contributed by atoms with van der Waals surface area (Å²) >= 11 is 1.31. The molecule has 1 amide bonds. The van der Waals surface area contributed by atoms with Gasteiger partial charge in [-0.3, -0.25) is 4.79 Å². The zero-order chi connectivity index (χ0) is 16.9. The van der Waals surface area contributed by atoms with E-state index < -0.39 is 6.04 Å². The number of nitrogens with one attached hydrogen (secondary N) is 1. The average Bonchev–Trinajstić information content (AvgIpc) is 3.10. The van der Waals surface area contributed by atoms with Gasteiger partial charge in [0, 0.05) is 6.20 Å². The van der Waals surface area contributed by atoms with Gasteiger partial charge in [0.1, 0.15) is 0 Å². The third-order valence-corrected chi connectivity index (χ3v) is 4.55. The van der Waals surface area contributed by atoms with Gasteiger partial charge in [-0.1, -0.05) is 30.3 Å².